The molecular weight excluding hydrogens is 376 g/mol. The molecule has 0 unspecified atom stereocenters. The van der Waals surface area contributed by atoms with E-state index in [2.05, 4.69) is 5.32 Å². The quantitative estimate of drug-likeness (QED) is 0.634. The molecule has 9 heteroatoms. The van der Waals surface area contributed by atoms with E-state index in [4.69, 9.17) is 4.74 Å². The second-order valence-electron chi connectivity index (χ2n) is 6.74. The van der Waals surface area contributed by atoms with Crippen LogP contribution < -0.4 is 15.0 Å². The largest absolute Gasteiger partial charge is 0.497 e. The third kappa shape index (κ3) is 3.06. The Balaban J connectivity index is 1.70. The lowest BCUT2D eigenvalue weighted by molar-refractivity contribution is -0.384. The first kappa shape index (κ1) is 18.5. The number of rotatable bonds is 4. The van der Waals surface area contributed by atoms with Gasteiger partial charge < -0.3 is 15.0 Å². The van der Waals surface area contributed by atoms with Crippen LogP contribution >= 0.6 is 0 Å². The van der Waals surface area contributed by atoms with Crippen LogP contribution in [0.25, 0.3) is 0 Å². The number of nitrogens with one attached hydrogen (secondary N) is 1. The van der Waals surface area contributed by atoms with Gasteiger partial charge in [-0.3, -0.25) is 19.8 Å². The van der Waals surface area contributed by atoms with E-state index in [1.807, 2.05) is 12.1 Å². The molecule has 4 rings (SSSR count). The monoisotopic (exact) mass is 394 g/mol. The van der Waals surface area contributed by atoms with Gasteiger partial charge in [0.25, 0.3) is 11.6 Å². The Kier molecular flexibility index (Phi) is 4.42. The fraction of sp³-hybridized carbons (Fsp3) is 0.200. The predicted molar refractivity (Wildman–Crippen MR) is 105 cm³/mol. The molecule has 0 radical (unpaired) electrons. The zero-order valence-corrected chi connectivity index (χ0v) is 15.8. The number of ether oxygens (including phenoxy) is 1. The van der Waals surface area contributed by atoms with Crippen molar-refractivity contribution < 1.29 is 19.2 Å². The first-order valence-electron chi connectivity index (χ1n) is 8.88. The molecule has 2 heterocycles. The standard InChI is InChI=1S/C20H18N4O5/c1-22-16-11-23(13-5-7-14(8-6-13)24(27)28)19(25)17(16)18(21-20(22)26)12-3-9-15(29-2)10-4-12/h3-10,18H,11H2,1-2H3,(H,21,26)/t18-/m0/s1. The number of nitro benzene ring substituents is 1. The zero-order chi connectivity index (χ0) is 20.7. The van der Waals surface area contributed by atoms with Crippen molar-refractivity contribution in [2.75, 3.05) is 25.6 Å². The molecule has 29 heavy (non-hydrogen) atoms. The van der Waals surface area contributed by atoms with E-state index in [1.165, 1.54) is 34.1 Å². The Morgan fingerprint density at radius 3 is 2.34 bits per heavy atom. The molecule has 2 aliphatic heterocycles. The number of carbonyl (C=O) groups is 2. The summed E-state index contributed by atoms with van der Waals surface area (Å²) >= 11 is 0. The molecule has 0 spiro atoms. The Hall–Kier alpha value is -3.88. The van der Waals surface area contributed by atoms with E-state index in [0.29, 0.717) is 22.7 Å². The van der Waals surface area contributed by atoms with Gasteiger partial charge in [0.05, 0.1) is 35.9 Å². The summed E-state index contributed by atoms with van der Waals surface area (Å²) in [4.78, 5) is 39.1. The minimum absolute atomic E-state index is 0.0526. The third-order valence-corrected chi connectivity index (χ3v) is 5.18. The van der Waals surface area contributed by atoms with Crippen molar-refractivity contribution in [2.45, 2.75) is 6.04 Å². The molecule has 2 aliphatic rings. The minimum Gasteiger partial charge on any atom is -0.497 e. The van der Waals surface area contributed by atoms with E-state index in [0.717, 1.165) is 5.56 Å². The first-order chi connectivity index (χ1) is 13.9. The van der Waals surface area contributed by atoms with Gasteiger partial charge in [0.1, 0.15) is 5.75 Å². The predicted octanol–water partition coefficient (Wildman–Crippen LogP) is 2.60. The van der Waals surface area contributed by atoms with Gasteiger partial charge in [-0.25, -0.2) is 4.79 Å². The summed E-state index contributed by atoms with van der Waals surface area (Å²) in [5, 5.41) is 13.8. The molecule has 0 aromatic heterocycles. The highest BCUT2D eigenvalue weighted by Crippen LogP contribution is 2.38. The van der Waals surface area contributed by atoms with E-state index >= 15 is 0 Å². The fourth-order valence-electron chi connectivity index (χ4n) is 3.58. The number of benzene rings is 2. The number of anilines is 1. The molecule has 9 nitrogen and oxygen atoms in total. The Morgan fingerprint density at radius 1 is 1.10 bits per heavy atom. The maximum atomic E-state index is 13.2. The van der Waals surface area contributed by atoms with Crippen LogP contribution in [0.1, 0.15) is 11.6 Å². The second-order valence-corrected chi connectivity index (χ2v) is 6.74. The van der Waals surface area contributed by atoms with Gasteiger partial charge >= 0.3 is 6.03 Å². The number of nitrogens with zero attached hydrogens (tertiary/aromatic N) is 3. The van der Waals surface area contributed by atoms with Crippen molar-refractivity contribution in [1.29, 1.82) is 0 Å². The minimum atomic E-state index is -0.588. The van der Waals surface area contributed by atoms with Crippen LogP contribution in [0.15, 0.2) is 59.8 Å². The van der Waals surface area contributed by atoms with E-state index < -0.39 is 11.0 Å². The lowest BCUT2D eigenvalue weighted by Crippen LogP contribution is -2.45. The Bertz CT molecular complexity index is 1030. The second kappa shape index (κ2) is 6.93. The SMILES string of the molecule is COc1ccc([C@@H]2NC(=O)N(C)C3=C2C(=O)N(c2ccc([N+](=O)[O-])cc2)C3)cc1. The van der Waals surface area contributed by atoms with Crippen LogP contribution in [-0.2, 0) is 4.79 Å². The van der Waals surface area contributed by atoms with Gasteiger partial charge in [-0.05, 0) is 29.8 Å². The summed E-state index contributed by atoms with van der Waals surface area (Å²) in [6, 6.07) is 12.0. The van der Waals surface area contributed by atoms with Crippen LogP contribution in [0.4, 0.5) is 16.2 Å². The van der Waals surface area contributed by atoms with Gasteiger partial charge in [-0.2, -0.15) is 0 Å². The van der Waals surface area contributed by atoms with Crippen LogP contribution in [0, 0.1) is 10.1 Å². The fourth-order valence-corrected chi connectivity index (χ4v) is 3.58. The highest BCUT2D eigenvalue weighted by atomic mass is 16.6. The van der Waals surface area contributed by atoms with Crippen molar-refractivity contribution in [2.24, 2.45) is 0 Å². The molecule has 1 atom stereocenters. The van der Waals surface area contributed by atoms with Crippen LogP contribution in [0.5, 0.6) is 5.75 Å². The topological polar surface area (TPSA) is 105 Å². The lowest BCUT2D eigenvalue weighted by Gasteiger charge is -2.31. The van der Waals surface area contributed by atoms with Crippen molar-refractivity contribution in [1.82, 2.24) is 10.2 Å². The normalized spacial score (nSPS) is 18.6. The maximum absolute atomic E-state index is 13.2. The summed E-state index contributed by atoms with van der Waals surface area (Å²) in [6.45, 7) is 0.211. The summed E-state index contributed by atoms with van der Waals surface area (Å²) < 4.78 is 5.17. The molecule has 0 saturated heterocycles. The first-order valence-corrected chi connectivity index (χ1v) is 8.88. The summed E-state index contributed by atoms with van der Waals surface area (Å²) in [7, 11) is 3.18. The summed E-state index contributed by atoms with van der Waals surface area (Å²) in [6.07, 6.45) is 0. The molecule has 0 bridgehead atoms. The molecule has 0 aliphatic carbocycles. The lowest BCUT2D eigenvalue weighted by atomic mass is 9.95. The molecule has 2 aromatic rings. The summed E-state index contributed by atoms with van der Waals surface area (Å²) in [5.41, 5.74) is 2.33. The highest BCUT2D eigenvalue weighted by Gasteiger charge is 2.43. The van der Waals surface area contributed by atoms with Crippen LogP contribution in [0.3, 0.4) is 0 Å². The van der Waals surface area contributed by atoms with Crippen molar-refractivity contribution in [3.8, 4) is 5.75 Å². The number of nitro groups is 1. The number of amides is 3. The van der Waals surface area contributed by atoms with Crippen molar-refractivity contribution >= 4 is 23.3 Å². The van der Waals surface area contributed by atoms with Crippen LogP contribution in [-0.4, -0.2) is 42.5 Å². The molecular formula is C20H18N4O5. The van der Waals surface area contributed by atoms with Crippen LogP contribution in [0.2, 0.25) is 0 Å². The number of likely N-dealkylation sites (N-methyl/N-ethyl adjacent to an activating group) is 1. The molecule has 3 amide bonds. The number of carbonyl (C=O) groups excluding carboxylic acids is 2. The maximum Gasteiger partial charge on any atom is 0.322 e. The van der Waals surface area contributed by atoms with E-state index in [1.54, 1.807) is 26.3 Å². The summed E-state index contributed by atoms with van der Waals surface area (Å²) in [5.74, 6) is 0.425. The Labute approximate surface area is 166 Å². The Morgan fingerprint density at radius 2 is 1.76 bits per heavy atom. The third-order valence-electron chi connectivity index (χ3n) is 5.18. The number of hydrogen-bond acceptors (Lipinski definition) is 5. The molecule has 0 saturated carbocycles. The van der Waals surface area contributed by atoms with Gasteiger partial charge in [-0.15, -0.1) is 0 Å². The van der Waals surface area contributed by atoms with Gasteiger partial charge in [0.15, 0.2) is 0 Å². The van der Waals surface area contributed by atoms with E-state index in [-0.39, 0.29) is 24.2 Å². The number of methoxy groups -OCH3 is 1. The van der Waals surface area contributed by atoms with Gasteiger partial charge in [0.2, 0.25) is 0 Å². The number of hydrogen-bond donors (Lipinski definition) is 1. The average Bonchev–Trinajstić information content (AvgIpc) is 3.08. The van der Waals surface area contributed by atoms with Gasteiger partial charge in [0, 0.05) is 24.9 Å². The zero-order valence-electron chi connectivity index (χ0n) is 15.8. The number of urea groups is 1. The van der Waals surface area contributed by atoms with E-state index in [9.17, 15) is 19.7 Å². The molecule has 1 N–H and O–H groups in total. The highest BCUT2D eigenvalue weighted by molar-refractivity contribution is 6.11. The average molecular weight is 394 g/mol. The van der Waals surface area contributed by atoms with Crippen molar-refractivity contribution in [3.63, 3.8) is 0 Å². The smallest absolute Gasteiger partial charge is 0.322 e. The molecule has 0 fully saturated rings. The van der Waals surface area contributed by atoms with Crippen molar-refractivity contribution in [3.05, 3.63) is 75.5 Å². The molecule has 2 aromatic carbocycles. The van der Waals surface area contributed by atoms with Gasteiger partial charge in [-0.1, -0.05) is 12.1 Å². The number of non-ortho nitro benzene ring substituents is 1. The molecule has 148 valence electrons.